The van der Waals surface area contributed by atoms with Gasteiger partial charge in [-0.15, -0.1) is 11.3 Å². The Morgan fingerprint density at radius 2 is 2.13 bits per heavy atom. The number of methoxy groups -OCH3 is 1. The van der Waals surface area contributed by atoms with Crippen LogP contribution < -0.4 is 15.8 Å². The van der Waals surface area contributed by atoms with Crippen molar-refractivity contribution in [3.8, 4) is 5.75 Å². The average Bonchev–Trinajstić information content (AvgIpc) is 2.97. The van der Waals surface area contributed by atoms with Crippen LogP contribution in [0, 0.1) is 0 Å². The Bertz CT molecular complexity index is 685. The van der Waals surface area contributed by atoms with Crippen molar-refractivity contribution >= 4 is 23.0 Å². The number of anilines is 1. The van der Waals surface area contributed by atoms with Crippen LogP contribution in [0.2, 0.25) is 0 Å². The van der Waals surface area contributed by atoms with Crippen LogP contribution in [-0.2, 0) is 12.6 Å². The van der Waals surface area contributed by atoms with Gasteiger partial charge in [0.05, 0.1) is 17.8 Å². The lowest BCUT2D eigenvalue weighted by Gasteiger charge is -2.09. The Balaban J connectivity index is 1.91. The van der Waals surface area contributed by atoms with Crippen molar-refractivity contribution in [1.29, 1.82) is 0 Å². The van der Waals surface area contributed by atoms with E-state index in [-0.39, 0.29) is 18.9 Å². The van der Waals surface area contributed by atoms with Gasteiger partial charge in [-0.2, -0.15) is 13.2 Å². The van der Waals surface area contributed by atoms with E-state index in [4.69, 9.17) is 10.5 Å². The lowest BCUT2D eigenvalue weighted by Crippen LogP contribution is -2.23. The van der Waals surface area contributed by atoms with Crippen LogP contribution in [-0.4, -0.2) is 24.6 Å². The average molecular weight is 344 g/mol. The van der Waals surface area contributed by atoms with Crippen LogP contribution in [0.5, 0.6) is 5.75 Å². The van der Waals surface area contributed by atoms with Crippen molar-refractivity contribution in [2.24, 2.45) is 10.7 Å². The minimum absolute atomic E-state index is 0.155. The summed E-state index contributed by atoms with van der Waals surface area (Å²) in [4.78, 5) is 7.61. The van der Waals surface area contributed by atoms with E-state index in [1.165, 1.54) is 7.11 Å². The molecule has 1 aromatic carbocycles. The smallest absolute Gasteiger partial charge is 0.434 e. The van der Waals surface area contributed by atoms with Gasteiger partial charge in [-0.05, 0) is 12.1 Å². The molecule has 0 aliphatic rings. The number of alkyl halides is 3. The highest BCUT2D eigenvalue weighted by atomic mass is 32.1. The quantitative estimate of drug-likeness (QED) is 0.646. The zero-order valence-corrected chi connectivity index (χ0v) is 13.0. The van der Waals surface area contributed by atoms with Crippen LogP contribution in [0.4, 0.5) is 18.9 Å². The van der Waals surface area contributed by atoms with E-state index in [2.05, 4.69) is 15.3 Å². The lowest BCUT2D eigenvalue weighted by molar-refractivity contribution is -0.140. The van der Waals surface area contributed by atoms with E-state index < -0.39 is 11.9 Å². The van der Waals surface area contributed by atoms with E-state index in [1.54, 1.807) is 12.1 Å². The maximum atomic E-state index is 12.4. The highest BCUT2D eigenvalue weighted by Crippen LogP contribution is 2.30. The number of ether oxygens (including phenoxy) is 1. The Morgan fingerprint density at radius 3 is 2.78 bits per heavy atom. The van der Waals surface area contributed by atoms with Gasteiger partial charge in [0.15, 0.2) is 11.7 Å². The van der Waals surface area contributed by atoms with Gasteiger partial charge in [-0.3, -0.25) is 4.99 Å². The molecule has 0 spiro atoms. The molecule has 1 aromatic heterocycles. The van der Waals surface area contributed by atoms with Gasteiger partial charge in [-0.25, -0.2) is 4.98 Å². The van der Waals surface area contributed by atoms with Crippen LogP contribution in [0.3, 0.4) is 0 Å². The fraction of sp³-hybridized carbons (Fsp3) is 0.286. The van der Waals surface area contributed by atoms with Crippen molar-refractivity contribution in [3.63, 3.8) is 0 Å². The van der Waals surface area contributed by atoms with E-state index in [0.717, 1.165) is 16.7 Å². The molecule has 3 N–H and O–H groups in total. The summed E-state index contributed by atoms with van der Waals surface area (Å²) in [5, 5.41) is 4.25. The predicted octanol–water partition coefficient (Wildman–Crippen LogP) is 3.14. The highest BCUT2D eigenvalue weighted by Gasteiger charge is 2.33. The number of para-hydroxylation sites is 2. The SMILES string of the molecule is COc1ccccc1NC(N)=NCCc1nc(C(F)(F)F)cs1. The molecular formula is C14H15F3N4OS. The van der Waals surface area contributed by atoms with E-state index in [9.17, 15) is 13.2 Å². The molecule has 0 bridgehead atoms. The van der Waals surface area contributed by atoms with Gasteiger partial charge < -0.3 is 15.8 Å². The molecule has 0 amide bonds. The summed E-state index contributed by atoms with van der Waals surface area (Å²) in [6, 6.07) is 7.17. The third-order valence-electron chi connectivity index (χ3n) is 2.82. The van der Waals surface area contributed by atoms with Crippen molar-refractivity contribution in [2.75, 3.05) is 19.0 Å². The molecule has 0 unspecified atom stereocenters. The van der Waals surface area contributed by atoms with Gasteiger partial charge in [0.2, 0.25) is 0 Å². The van der Waals surface area contributed by atoms with Crippen molar-refractivity contribution < 1.29 is 17.9 Å². The van der Waals surface area contributed by atoms with Crippen molar-refractivity contribution in [1.82, 2.24) is 4.98 Å². The summed E-state index contributed by atoms with van der Waals surface area (Å²) in [5.74, 6) is 0.766. The topological polar surface area (TPSA) is 72.5 Å². The molecule has 0 fully saturated rings. The Labute approximate surface area is 135 Å². The number of hydrogen-bond donors (Lipinski definition) is 2. The lowest BCUT2D eigenvalue weighted by atomic mass is 10.3. The third kappa shape index (κ3) is 4.85. The predicted molar refractivity (Wildman–Crippen MR) is 83.9 cm³/mol. The number of nitrogens with zero attached hydrogens (tertiary/aromatic N) is 2. The molecule has 0 saturated heterocycles. The van der Waals surface area contributed by atoms with E-state index >= 15 is 0 Å². The number of aliphatic imine (C=N–C) groups is 1. The zero-order valence-electron chi connectivity index (χ0n) is 12.2. The zero-order chi connectivity index (χ0) is 16.9. The van der Waals surface area contributed by atoms with Gasteiger partial charge in [-0.1, -0.05) is 12.1 Å². The Morgan fingerprint density at radius 1 is 1.39 bits per heavy atom. The maximum Gasteiger partial charge on any atom is 0.434 e. The first-order valence-electron chi connectivity index (χ1n) is 6.61. The standard InChI is InChI=1S/C14H15F3N4OS/c1-22-10-5-3-2-4-9(10)20-13(18)19-7-6-12-21-11(8-23-12)14(15,16)17/h2-5,8H,6-7H2,1H3,(H3,18,19,20). The molecule has 2 aromatic rings. The molecular weight excluding hydrogens is 329 g/mol. The summed E-state index contributed by atoms with van der Waals surface area (Å²) < 4.78 is 42.5. The summed E-state index contributed by atoms with van der Waals surface area (Å²) >= 11 is 0.957. The number of nitrogens with two attached hydrogens (primary N) is 1. The van der Waals surface area contributed by atoms with E-state index in [0.29, 0.717) is 16.4 Å². The first-order valence-corrected chi connectivity index (χ1v) is 7.49. The highest BCUT2D eigenvalue weighted by molar-refractivity contribution is 7.09. The molecule has 9 heteroatoms. The van der Waals surface area contributed by atoms with E-state index in [1.807, 2.05) is 12.1 Å². The minimum Gasteiger partial charge on any atom is -0.495 e. The fourth-order valence-electron chi connectivity index (χ4n) is 1.75. The molecule has 0 saturated carbocycles. The number of halogens is 3. The number of nitrogens with one attached hydrogen (secondary N) is 1. The molecule has 0 radical (unpaired) electrons. The van der Waals surface area contributed by atoms with Gasteiger partial charge in [0.25, 0.3) is 0 Å². The fourth-order valence-corrected chi connectivity index (χ4v) is 2.55. The van der Waals surface area contributed by atoms with Gasteiger partial charge in [0.1, 0.15) is 5.75 Å². The molecule has 124 valence electrons. The normalized spacial score (nSPS) is 12.3. The van der Waals surface area contributed by atoms with Gasteiger partial charge in [0, 0.05) is 18.3 Å². The van der Waals surface area contributed by atoms with Crippen LogP contribution in [0.15, 0.2) is 34.6 Å². The largest absolute Gasteiger partial charge is 0.495 e. The third-order valence-corrected chi connectivity index (χ3v) is 3.73. The van der Waals surface area contributed by atoms with Crippen LogP contribution in [0.1, 0.15) is 10.7 Å². The van der Waals surface area contributed by atoms with Gasteiger partial charge >= 0.3 is 6.18 Å². The number of guanidine groups is 1. The van der Waals surface area contributed by atoms with Crippen LogP contribution in [0.25, 0.3) is 0 Å². The minimum atomic E-state index is -4.41. The first-order chi connectivity index (χ1) is 10.9. The summed E-state index contributed by atoms with van der Waals surface area (Å²) in [6.07, 6.45) is -4.13. The molecule has 0 aliphatic carbocycles. The van der Waals surface area contributed by atoms with Crippen molar-refractivity contribution in [2.45, 2.75) is 12.6 Å². The van der Waals surface area contributed by atoms with Crippen LogP contribution >= 0.6 is 11.3 Å². The summed E-state index contributed by atoms with van der Waals surface area (Å²) in [6.45, 7) is 0.235. The number of rotatable bonds is 5. The van der Waals surface area contributed by atoms with Crippen molar-refractivity contribution in [3.05, 3.63) is 40.3 Å². The Hall–Kier alpha value is -2.29. The molecule has 1 heterocycles. The second-order valence-corrected chi connectivity index (χ2v) is 5.41. The summed E-state index contributed by atoms with van der Waals surface area (Å²) in [7, 11) is 1.54. The number of thiazole rings is 1. The second kappa shape index (κ2) is 7.32. The maximum absolute atomic E-state index is 12.4. The summed E-state index contributed by atoms with van der Waals surface area (Å²) in [5.41, 5.74) is 5.54. The molecule has 2 rings (SSSR count). The first kappa shape index (κ1) is 17.1. The molecule has 0 aliphatic heterocycles. The molecule has 23 heavy (non-hydrogen) atoms. The molecule has 0 atom stereocenters. The number of hydrogen-bond acceptors (Lipinski definition) is 4. The molecule has 5 nitrogen and oxygen atoms in total. The monoisotopic (exact) mass is 344 g/mol. The Kier molecular flexibility index (Phi) is 5.43. The number of benzene rings is 1. The number of aromatic nitrogens is 1. The second-order valence-electron chi connectivity index (χ2n) is 4.47.